The minimum atomic E-state index is -4.71. The van der Waals surface area contributed by atoms with Crippen LogP contribution in [0.5, 0.6) is 0 Å². The van der Waals surface area contributed by atoms with Crippen molar-refractivity contribution < 1.29 is 17.9 Å². The molecule has 2 saturated heterocycles. The van der Waals surface area contributed by atoms with Gasteiger partial charge in [0.2, 0.25) is 0 Å². The topological polar surface area (TPSA) is 82.3 Å². The fourth-order valence-electron chi connectivity index (χ4n) is 2.84. The summed E-state index contributed by atoms with van der Waals surface area (Å²) in [5, 5.41) is 11.7. The van der Waals surface area contributed by atoms with Crippen LogP contribution in [0.1, 0.15) is 5.56 Å². The average molecular weight is 333 g/mol. The molecular weight excluding hydrogens is 315 g/mol. The molecule has 0 bridgehead atoms. The number of halogens is 3. The molecule has 128 valence electrons. The van der Waals surface area contributed by atoms with E-state index in [2.05, 4.69) is 20.6 Å². The summed E-state index contributed by atoms with van der Waals surface area (Å²) in [6.07, 6.45) is -4.71. The molecule has 0 unspecified atom stereocenters. The Balaban J connectivity index is 1.71. The van der Waals surface area contributed by atoms with Gasteiger partial charge in [0.05, 0.1) is 18.8 Å². The third-order valence-corrected chi connectivity index (χ3v) is 4.24. The molecular formula is C13H18F3N5O2. The number of piperazine rings is 1. The lowest BCUT2D eigenvalue weighted by Gasteiger charge is -2.51. The number of aromatic nitrogens is 2. The number of nitrogens with zero attached hydrogens (tertiary/aromatic N) is 2. The van der Waals surface area contributed by atoms with Crippen molar-refractivity contribution in [1.82, 2.24) is 20.4 Å². The van der Waals surface area contributed by atoms with Crippen LogP contribution in [0.3, 0.4) is 0 Å². The molecule has 10 heteroatoms. The van der Waals surface area contributed by atoms with Gasteiger partial charge in [-0.05, 0) is 0 Å². The monoisotopic (exact) mass is 333 g/mol. The Kier molecular flexibility index (Phi) is 4.30. The predicted octanol–water partition coefficient (Wildman–Crippen LogP) is -0.125. The second kappa shape index (κ2) is 6.10. The first-order chi connectivity index (χ1) is 10.9. The summed E-state index contributed by atoms with van der Waals surface area (Å²) in [5.74, 6) is -0.00154. The minimum absolute atomic E-state index is 0.00154. The number of aromatic amines is 1. The van der Waals surface area contributed by atoms with Crippen molar-refractivity contribution in [3.8, 4) is 0 Å². The van der Waals surface area contributed by atoms with Gasteiger partial charge in [0, 0.05) is 38.8 Å². The predicted molar refractivity (Wildman–Crippen MR) is 76.3 cm³/mol. The van der Waals surface area contributed by atoms with E-state index in [0.29, 0.717) is 19.8 Å². The molecule has 3 rings (SSSR count). The summed E-state index contributed by atoms with van der Waals surface area (Å²) in [5.41, 5.74) is -2.74. The van der Waals surface area contributed by atoms with Crippen LogP contribution in [-0.2, 0) is 10.9 Å². The second-order valence-electron chi connectivity index (χ2n) is 5.80. The van der Waals surface area contributed by atoms with Crippen molar-refractivity contribution >= 4 is 5.82 Å². The van der Waals surface area contributed by atoms with E-state index in [-0.39, 0.29) is 11.4 Å². The number of rotatable bonds is 4. The molecule has 2 aliphatic rings. The third-order valence-electron chi connectivity index (χ3n) is 4.24. The van der Waals surface area contributed by atoms with Crippen molar-refractivity contribution in [2.24, 2.45) is 0 Å². The molecule has 0 amide bonds. The van der Waals surface area contributed by atoms with E-state index in [1.165, 1.54) is 0 Å². The van der Waals surface area contributed by atoms with Gasteiger partial charge < -0.3 is 15.4 Å². The van der Waals surface area contributed by atoms with Gasteiger partial charge >= 0.3 is 6.18 Å². The highest BCUT2D eigenvalue weighted by Gasteiger charge is 2.44. The first-order valence-corrected chi connectivity index (χ1v) is 7.35. The maximum atomic E-state index is 12.8. The number of hydrogen-bond donors (Lipinski definition) is 3. The molecule has 1 aromatic heterocycles. The molecule has 0 radical (unpaired) electrons. The summed E-state index contributed by atoms with van der Waals surface area (Å²) in [7, 11) is 0. The minimum Gasteiger partial charge on any atom is -0.377 e. The number of H-pyrrole nitrogens is 1. The van der Waals surface area contributed by atoms with Crippen molar-refractivity contribution in [2.75, 3.05) is 51.3 Å². The normalized spacial score (nSPS) is 21.7. The molecule has 0 atom stereocenters. The van der Waals surface area contributed by atoms with Gasteiger partial charge in [-0.15, -0.1) is 0 Å². The summed E-state index contributed by atoms with van der Waals surface area (Å²) >= 11 is 0. The highest BCUT2D eigenvalue weighted by atomic mass is 19.4. The van der Waals surface area contributed by atoms with E-state index in [0.717, 1.165) is 32.2 Å². The molecule has 23 heavy (non-hydrogen) atoms. The Morgan fingerprint density at radius 1 is 1.35 bits per heavy atom. The lowest BCUT2D eigenvalue weighted by Crippen LogP contribution is -2.68. The Bertz CT molecular complexity index is 608. The van der Waals surface area contributed by atoms with E-state index in [1.54, 1.807) is 0 Å². The number of anilines is 1. The van der Waals surface area contributed by atoms with Gasteiger partial charge in [0.15, 0.2) is 0 Å². The third kappa shape index (κ3) is 3.33. The summed E-state index contributed by atoms with van der Waals surface area (Å²) in [4.78, 5) is 13.5. The van der Waals surface area contributed by atoms with E-state index >= 15 is 0 Å². The van der Waals surface area contributed by atoms with Gasteiger partial charge in [-0.2, -0.15) is 18.3 Å². The Hall–Kier alpha value is -1.65. The van der Waals surface area contributed by atoms with Gasteiger partial charge in [-0.3, -0.25) is 9.69 Å². The number of nitrogens with one attached hydrogen (secondary N) is 3. The lowest BCUT2D eigenvalue weighted by molar-refractivity contribution is -0.138. The van der Waals surface area contributed by atoms with Crippen molar-refractivity contribution in [3.05, 3.63) is 22.0 Å². The van der Waals surface area contributed by atoms with Crippen LogP contribution in [0.25, 0.3) is 0 Å². The Labute approximate surface area is 130 Å². The SMILES string of the molecule is O=c1[nH]nc(NCC2(N3CCNCC3)COC2)cc1C(F)(F)F. The zero-order valence-electron chi connectivity index (χ0n) is 12.4. The fraction of sp³-hybridized carbons (Fsp3) is 0.692. The summed E-state index contributed by atoms with van der Waals surface area (Å²) < 4.78 is 43.6. The molecule has 0 spiro atoms. The van der Waals surface area contributed by atoms with Crippen LogP contribution in [0, 0.1) is 0 Å². The van der Waals surface area contributed by atoms with E-state index in [9.17, 15) is 18.0 Å². The molecule has 2 fully saturated rings. The molecule has 3 heterocycles. The Morgan fingerprint density at radius 2 is 2.04 bits per heavy atom. The quantitative estimate of drug-likeness (QED) is 0.712. The Morgan fingerprint density at radius 3 is 2.61 bits per heavy atom. The van der Waals surface area contributed by atoms with Gasteiger partial charge in [-0.1, -0.05) is 0 Å². The largest absolute Gasteiger partial charge is 0.421 e. The molecule has 0 aromatic carbocycles. The second-order valence-corrected chi connectivity index (χ2v) is 5.80. The van der Waals surface area contributed by atoms with Crippen LogP contribution in [-0.4, -0.2) is 66.6 Å². The molecule has 2 aliphatic heterocycles. The zero-order valence-corrected chi connectivity index (χ0v) is 12.4. The van der Waals surface area contributed by atoms with Crippen molar-refractivity contribution in [2.45, 2.75) is 11.7 Å². The zero-order chi connectivity index (χ0) is 16.5. The van der Waals surface area contributed by atoms with E-state index in [1.807, 2.05) is 5.10 Å². The summed E-state index contributed by atoms with van der Waals surface area (Å²) in [6.45, 7) is 4.91. The highest BCUT2D eigenvalue weighted by Crippen LogP contribution is 2.28. The lowest BCUT2D eigenvalue weighted by atomic mass is 9.94. The molecule has 0 aliphatic carbocycles. The van der Waals surface area contributed by atoms with Gasteiger partial charge in [-0.25, -0.2) is 5.10 Å². The number of hydrogen-bond acceptors (Lipinski definition) is 6. The van der Waals surface area contributed by atoms with Gasteiger partial charge in [0.1, 0.15) is 11.4 Å². The maximum absolute atomic E-state index is 12.8. The van der Waals surface area contributed by atoms with Crippen LogP contribution in [0.4, 0.5) is 19.0 Å². The molecule has 0 saturated carbocycles. The van der Waals surface area contributed by atoms with E-state index in [4.69, 9.17) is 4.74 Å². The average Bonchev–Trinajstić information content (AvgIpc) is 2.47. The van der Waals surface area contributed by atoms with Crippen LogP contribution in [0.2, 0.25) is 0 Å². The first-order valence-electron chi connectivity index (χ1n) is 7.35. The van der Waals surface area contributed by atoms with Crippen LogP contribution in [0.15, 0.2) is 10.9 Å². The maximum Gasteiger partial charge on any atom is 0.421 e. The van der Waals surface area contributed by atoms with Crippen molar-refractivity contribution in [3.63, 3.8) is 0 Å². The first kappa shape index (κ1) is 16.2. The fourth-order valence-corrected chi connectivity index (χ4v) is 2.84. The van der Waals surface area contributed by atoms with Crippen LogP contribution >= 0.6 is 0 Å². The van der Waals surface area contributed by atoms with Crippen molar-refractivity contribution in [1.29, 1.82) is 0 Å². The molecule has 1 aromatic rings. The number of ether oxygens (including phenoxy) is 1. The smallest absolute Gasteiger partial charge is 0.377 e. The van der Waals surface area contributed by atoms with E-state index < -0.39 is 17.3 Å². The molecule has 7 nitrogen and oxygen atoms in total. The van der Waals surface area contributed by atoms with Gasteiger partial charge in [0.25, 0.3) is 5.56 Å². The van der Waals surface area contributed by atoms with Crippen LogP contribution < -0.4 is 16.2 Å². The molecule has 3 N–H and O–H groups in total. The summed E-state index contributed by atoms with van der Waals surface area (Å²) in [6, 6.07) is 0.740. The highest BCUT2D eigenvalue weighted by molar-refractivity contribution is 5.37. The standard InChI is InChI=1S/C13H18F3N5O2/c14-13(15,16)9-5-10(19-20-11(9)22)18-6-12(7-23-8-12)21-3-1-17-2-4-21/h5,17H,1-4,6-8H2,(H,18,19)(H,20,22). The number of alkyl halides is 3.